The second kappa shape index (κ2) is 11.1. The molecule has 4 atom stereocenters. The van der Waals surface area contributed by atoms with Crippen LogP contribution in [-0.2, 0) is 14.3 Å². The van der Waals surface area contributed by atoms with Crippen molar-refractivity contribution in [1.82, 2.24) is 4.90 Å². The number of amides is 1. The van der Waals surface area contributed by atoms with Gasteiger partial charge >= 0.3 is 5.97 Å². The minimum Gasteiger partial charge on any atom is -0.460 e. The van der Waals surface area contributed by atoms with Crippen molar-refractivity contribution in [3.8, 4) is 0 Å². The van der Waals surface area contributed by atoms with Gasteiger partial charge in [0, 0.05) is 21.9 Å². The molecule has 1 heterocycles. The van der Waals surface area contributed by atoms with Crippen molar-refractivity contribution < 1.29 is 19.4 Å². The molecule has 5 nitrogen and oxygen atoms in total. The lowest BCUT2D eigenvalue weighted by atomic mass is 9.74. The molecular weight excluding hydrogens is 473 g/mol. The predicted octanol–water partition coefficient (Wildman–Crippen LogP) is 6.17. The molecular formula is C27H33Cl2NO4. The van der Waals surface area contributed by atoms with Gasteiger partial charge in [0.1, 0.15) is 5.60 Å². The van der Waals surface area contributed by atoms with Gasteiger partial charge in [-0.25, -0.2) is 0 Å². The van der Waals surface area contributed by atoms with E-state index >= 15 is 0 Å². The monoisotopic (exact) mass is 505 g/mol. The molecule has 3 rings (SSSR count). The number of likely N-dealkylation sites (tertiary alicyclic amines) is 1. The summed E-state index contributed by atoms with van der Waals surface area (Å²) in [5.41, 5.74) is 1.27. The fourth-order valence-electron chi connectivity index (χ4n) is 4.76. The summed E-state index contributed by atoms with van der Waals surface area (Å²) < 4.78 is 5.53. The van der Waals surface area contributed by atoms with Gasteiger partial charge in [-0.2, -0.15) is 0 Å². The molecule has 1 aliphatic rings. The van der Waals surface area contributed by atoms with Gasteiger partial charge in [-0.3, -0.25) is 9.59 Å². The molecule has 7 heteroatoms. The lowest BCUT2D eigenvalue weighted by Gasteiger charge is -2.48. The zero-order valence-electron chi connectivity index (χ0n) is 20.1. The van der Waals surface area contributed by atoms with Crippen molar-refractivity contribution >= 4 is 35.1 Å². The van der Waals surface area contributed by atoms with Crippen molar-refractivity contribution in [3.05, 3.63) is 69.7 Å². The van der Waals surface area contributed by atoms with Crippen LogP contribution < -0.4 is 0 Å². The van der Waals surface area contributed by atoms with Crippen molar-refractivity contribution in [3.63, 3.8) is 0 Å². The minimum atomic E-state index is -0.635. The number of hydrogen-bond donors (Lipinski definition) is 1. The Morgan fingerprint density at radius 2 is 1.79 bits per heavy atom. The number of aliphatic hydroxyl groups excluding tert-OH is 1. The maximum Gasteiger partial charge on any atom is 0.307 e. The molecule has 1 amide bonds. The number of rotatable bonds is 7. The molecule has 2 aromatic carbocycles. The van der Waals surface area contributed by atoms with E-state index in [0.717, 1.165) is 11.1 Å². The van der Waals surface area contributed by atoms with Crippen LogP contribution in [0.2, 0.25) is 10.0 Å². The third-order valence-electron chi connectivity index (χ3n) is 6.22. The van der Waals surface area contributed by atoms with E-state index in [-0.39, 0.29) is 30.9 Å². The zero-order valence-corrected chi connectivity index (χ0v) is 21.6. The van der Waals surface area contributed by atoms with Crippen LogP contribution in [0.15, 0.2) is 48.5 Å². The Labute approximate surface area is 212 Å². The Kier molecular flexibility index (Phi) is 8.66. The van der Waals surface area contributed by atoms with Crippen LogP contribution in [0.25, 0.3) is 0 Å². The predicted molar refractivity (Wildman–Crippen MR) is 135 cm³/mol. The number of hydrogen-bond acceptors (Lipinski definition) is 4. The van der Waals surface area contributed by atoms with Gasteiger partial charge in [0.15, 0.2) is 0 Å². The highest BCUT2D eigenvalue weighted by Gasteiger charge is 2.46. The summed E-state index contributed by atoms with van der Waals surface area (Å²) in [5, 5.41) is 11.4. The largest absolute Gasteiger partial charge is 0.460 e. The lowest BCUT2D eigenvalue weighted by molar-refractivity contribution is -0.162. The van der Waals surface area contributed by atoms with Gasteiger partial charge in [0.05, 0.1) is 25.1 Å². The van der Waals surface area contributed by atoms with Crippen molar-refractivity contribution in [2.45, 2.75) is 70.6 Å². The molecule has 0 aromatic heterocycles. The van der Waals surface area contributed by atoms with Crippen LogP contribution in [-0.4, -0.2) is 40.1 Å². The Balaban J connectivity index is 2.09. The third kappa shape index (κ3) is 6.32. The van der Waals surface area contributed by atoms with Gasteiger partial charge in [-0.15, -0.1) is 0 Å². The Bertz CT molecular complexity index is 998. The fourth-order valence-corrected chi connectivity index (χ4v) is 5.09. The third-order valence-corrected chi connectivity index (χ3v) is 6.71. The van der Waals surface area contributed by atoms with Gasteiger partial charge < -0.3 is 14.7 Å². The second-order valence-corrected chi connectivity index (χ2v) is 10.7. The summed E-state index contributed by atoms with van der Waals surface area (Å²) >= 11 is 12.5. The van der Waals surface area contributed by atoms with E-state index in [9.17, 15) is 14.7 Å². The van der Waals surface area contributed by atoms with Gasteiger partial charge in [0.25, 0.3) is 0 Å². The van der Waals surface area contributed by atoms with Crippen LogP contribution in [0.1, 0.15) is 70.0 Å². The lowest BCUT2D eigenvalue weighted by Crippen LogP contribution is -2.53. The van der Waals surface area contributed by atoms with Crippen molar-refractivity contribution in [2.24, 2.45) is 5.92 Å². The minimum absolute atomic E-state index is 0.0150. The summed E-state index contributed by atoms with van der Waals surface area (Å²) in [6, 6.07) is 14.3. The van der Waals surface area contributed by atoms with Crippen molar-refractivity contribution in [2.75, 3.05) is 6.61 Å². The molecule has 34 heavy (non-hydrogen) atoms. The first kappa shape index (κ1) is 26.5. The van der Waals surface area contributed by atoms with Crippen LogP contribution in [0.3, 0.4) is 0 Å². The molecule has 184 valence electrons. The standard InChI is InChI=1S/C27H33Cl2NO4/c1-5-22(16-31)30-25(17-9-11-20(28)12-10-17)23(18-7-6-8-21(29)13-18)14-19(26(30)33)15-24(32)34-27(2,3)4/h6-13,19,22-23,25,31H,5,14-16H2,1-4H3/t19-,22?,23?,25-/m1/s1. The van der Waals surface area contributed by atoms with E-state index < -0.39 is 23.5 Å². The topological polar surface area (TPSA) is 66.8 Å². The molecule has 2 unspecified atom stereocenters. The van der Waals surface area contributed by atoms with E-state index in [0.29, 0.717) is 22.9 Å². The molecule has 0 spiro atoms. The van der Waals surface area contributed by atoms with E-state index in [1.807, 2.05) is 64.1 Å². The number of carbonyl (C=O) groups is 2. The maximum absolute atomic E-state index is 13.8. The van der Waals surface area contributed by atoms with Crippen LogP contribution in [0, 0.1) is 5.92 Å². The quantitative estimate of drug-likeness (QED) is 0.456. The number of nitrogens with zero attached hydrogens (tertiary/aromatic N) is 1. The number of esters is 1. The number of carbonyl (C=O) groups excluding carboxylic acids is 2. The summed E-state index contributed by atoms with van der Waals surface area (Å²) in [6.45, 7) is 7.20. The van der Waals surface area contributed by atoms with Crippen LogP contribution in [0.5, 0.6) is 0 Å². The van der Waals surface area contributed by atoms with Gasteiger partial charge in [0.2, 0.25) is 5.91 Å². The number of ether oxygens (including phenoxy) is 1. The van der Waals surface area contributed by atoms with Gasteiger partial charge in [-0.1, -0.05) is 54.4 Å². The molecule has 1 aliphatic heterocycles. The molecule has 2 aromatic rings. The summed E-state index contributed by atoms with van der Waals surface area (Å²) in [6.07, 6.45) is 1.02. The van der Waals surface area contributed by atoms with E-state index in [2.05, 4.69) is 0 Å². The highest BCUT2D eigenvalue weighted by Crippen LogP contribution is 2.47. The summed E-state index contributed by atoms with van der Waals surface area (Å²) in [7, 11) is 0. The number of aliphatic hydroxyl groups is 1. The summed E-state index contributed by atoms with van der Waals surface area (Å²) in [4.78, 5) is 28.3. The average molecular weight is 506 g/mol. The molecule has 1 fully saturated rings. The molecule has 1 N–H and O–H groups in total. The van der Waals surface area contributed by atoms with Crippen molar-refractivity contribution in [1.29, 1.82) is 0 Å². The highest BCUT2D eigenvalue weighted by molar-refractivity contribution is 6.30. The first-order valence-electron chi connectivity index (χ1n) is 11.7. The zero-order chi connectivity index (χ0) is 25.0. The fraction of sp³-hybridized carbons (Fsp3) is 0.481. The average Bonchev–Trinajstić information content (AvgIpc) is 2.76. The Morgan fingerprint density at radius 3 is 2.35 bits per heavy atom. The number of halogens is 2. The van der Waals surface area contributed by atoms with Crippen LogP contribution >= 0.6 is 23.2 Å². The van der Waals surface area contributed by atoms with Gasteiger partial charge in [-0.05, 0) is 69.0 Å². The second-order valence-electron chi connectivity index (χ2n) is 9.87. The molecule has 0 bridgehead atoms. The molecule has 0 radical (unpaired) electrons. The Morgan fingerprint density at radius 1 is 1.12 bits per heavy atom. The smallest absolute Gasteiger partial charge is 0.307 e. The van der Waals surface area contributed by atoms with E-state index in [1.54, 1.807) is 17.0 Å². The van der Waals surface area contributed by atoms with E-state index in [1.165, 1.54) is 0 Å². The number of piperidine rings is 1. The number of benzene rings is 2. The first-order chi connectivity index (χ1) is 16.0. The summed E-state index contributed by atoms with van der Waals surface area (Å²) in [5.74, 6) is -1.25. The molecule has 0 aliphatic carbocycles. The Hall–Kier alpha value is -2.08. The van der Waals surface area contributed by atoms with E-state index in [4.69, 9.17) is 27.9 Å². The molecule has 0 saturated carbocycles. The molecule has 1 saturated heterocycles. The first-order valence-corrected chi connectivity index (χ1v) is 12.5. The SMILES string of the molecule is CCC(CO)N1C(=O)[C@@H](CC(=O)OC(C)(C)C)CC(c2cccc(Cl)c2)[C@H]1c1ccc(Cl)cc1. The van der Waals surface area contributed by atoms with Crippen LogP contribution in [0.4, 0.5) is 0 Å². The normalized spacial score (nSPS) is 21.9. The highest BCUT2D eigenvalue weighted by atomic mass is 35.5. The maximum atomic E-state index is 13.8.